The van der Waals surface area contributed by atoms with Crippen molar-refractivity contribution >= 4 is 11.7 Å². The monoisotopic (exact) mass is 330 g/mol. The van der Waals surface area contributed by atoms with Gasteiger partial charge in [-0.2, -0.15) is 5.10 Å². The summed E-state index contributed by atoms with van der Waals surface area (Å²) in [5, 5.41) is 15.1. The van der Waals surface area contributed by atoms with Crippen molar-refractivity contribution < 1.29 is 9.90 Å². The minimum Gasteiger partial charge on any atom is -0.386 e. The Kier molecular flexibility index (Phi) is 4.23. The van der Waals surface area contributed by atoms with Crippen LogP contribution in [0.15, 0.2) is 24.8 Å². The summed E-state index contributed by atoms with van der Waals surface area (Å²) in [5.74, 6) is 0.609. The highest BCUT2D eigenvalue weighted by Crippen LogP contribution is 2.26. The van der Waals surface area contributed by atoms with Gasteiger partial charge in [0.1, 0.15) is 11.4 Å². The first kappa shape index (κ1) is 16.4. The summed E-state index contributed by atoms with van der Waals surface area (Å²) < 4.78 is 1.62. The van der Waals surface area contributed by atoms with Crippen LogP contribution in [0.25, 0.3) is 0 Å². The maximum Gasteiger partial charge on any atom is 0.257 e. The molecule has 0 radical (unpaired) electrons. The van der Waals surface area contributed by atoms with Crippen LogP contribution in [0.1, 0.15) is 22.5 Å². The minimum absolute atomic E-state index is 0.132. The molecule has 1 fully saturated rings. The summed E-state index contributed by atoms with van der Waals surface area (Å²) in [4.78, 5) is 24.5. The third-order valence-corrected chi connectivity index (χ3v) is 4.33. The fraction of sp³-hybridized carbons (Fsp3) is 0.500. The van der Waals surface area contributed by atoms with Crippen molar-refractivity contribution in [2.45, 2.75) is 18.9 Å². The van der Waals surface area contributed by atoms with Gasteiger partial charge in [0.25, 0.3) is 5.91 Å². The normalized spacial score (nSPS) is 20.4. The number of rotatable bonds is 4. The SMILES string of the molecule is Cc1nn(C)cc1C(=O)N(C)C[C@@]1(O)CCN(c2cnccn2)C1. The largest absolute Gasteiger partial charge is 0.386 e. The van der Waals surface area contributed by atoms with Crippen LogP contribution < -0.4 is 4.90 Å². The Balaban J connectivity index is 1.67. The first-order valence-corrected chi connectivity index (χ1v) is 7.87. The van der Waals surface area contributed by atoms with Gasteiger partial charge in [-0.05, 0) is 13.3 Å². The Morgan fingerprint density at radius 2 is 2.25 bits per heavy atom. The summed E-state index contributed by atoms with van der Waals surface area (Å²) in [6.07, 6.45) is 7.22. The van der Waals surface area contributed by atoms with E-state index in [0.717, 1.165) is 5.82 Å². The maximum absolute atomic E-state index is 12.6. The predicted molar refractivity (Wildman–Crippen MR) is 88.7 cm³/mol. The lowest BCUT2D eigenvalue weighted by molar-refractivity contribution is 0.0264. The summed E-state index contributed by atoms with van der Waals surface area (Å²) >= 11 is 0. The van der Waals surface area contributed by atoms with Gasteiger partial charge in [0.05, 0.1) is 24.0 Å². The van der Waals surface area contributed by atoms with Gasteiger partial charge in [-0.3, -0.25) is 14.5 Å². The third-order valence-electron chi connectivity index (χ3n) is 4.33. The average Bonchev–Trinajstić information content (AvgIpc) is 3.10. The second-order valence-electron chi connectivity index (χ2n) is 6.42. The zero-order valence-corrected chi connectivity index (χ0v) is 14.2. The number of β-amino-alcohol motifs (C(OH)–C–C–N with tert-alkyl or cyclic N) is 1. The van der Waals surface area contributed by atoms with Crippen molar-refractivity contribution in [3.05, 3.63) is 36.0 Å². The summed E-state index contributed by atoms with van der Waals surface area (Å²) in [6, 6.07) is 0. The Morgan fingerprint density at radius 3 is 2.88 bits per heavy atom. The molecule has 1 aliphatic rings. The number of nitrogens with zero attached hydrogens (tertiary/aromatic N) is 6. The van der Waals surface area contributed by atoms with Crippen LogP contribution in [0.3, 0.4) is 0 Å². The van der Waals surface area contributed by atoms with Gasteiger partial charge in [0.15, 0.2) is 0 Å². The molecule has 1 aliphatic heterocycles. The molecule has 2 aromatic heterocycles. The van der Waals surface area contributed by atoms with Gasteiger partial charge in [0.2, 0.25) is 0 Å². The zero-order chi connectivity index (χ0) is 17.3. The highest BCUT2D eigenvalue weighted by atomic mass is 16.3. The third kappa shape index (κ3) is 3.23. The van der Waals surface area contributed by atoms with Crippen LogP contribution in [0.4, 0.5) is 5.82 Å². The number of aliphatic hydroxyl groups is 1. The van der Waals surface area contributed by atoms with Crippen LogP contribution in [0.5, 0.6) is 0 Å². The molecule has 8 nitrogen and oxygen atoms in total. The van der Waals surface area contributed by atoms with Crippen molar-refractivity contribution in [3.63, 3.8) is 0 Å². The second kappa shape index (κ2) is 6.20. The molecule has 0 aliphatic carbocycles. The van der Waals surface area contributed by atoms with Crippen LogP contribution in [0, 0.1) is 6.92 Å². The van der Waals surface area contributed by atoms with E-state index in [1.807, 2.05) is 4.90 Å². The number of aromatic nitrogens is 4. The molecule has 3 heterocycles. The van der Waals surface area contributed by atoms with E-state index in [1.54, 1.807) is 55.4 Å². The number of hydrogen-bond donors (Lipinski definition) is 1. The van der Waals surface area contributed by atoms with Crippen molar-refractivity contribution in [2.75, 3.05) is 31.6 Å². The number of amides is 1. The molecule has 0 aromatic carbocycles. The Labute approximate surface area is 140 Å². The van der Waals surface area contributed by atoms with Crippen LogP contribution in [-0.2, 0) is 7.05 Å². The fourth-order valence-corrected chi connectivity index (χ4v) is 3.16. The van der Waals surface area contributed by atoms with E-state index in [2.05, 4.69) is 15.1 Å². The Hall–Kier alpha value is -2.48. The fourth-order valence-electron chi connectivity index (χ4n) is 3.16. The number of aryl methyl sites for hydroxylation is 2. The van der Waals surface area contributed by atoms with Crippen LogP contribution >= 0.6 is 0 Å². The zero-order valence-electron chi connectivity index (χ0n) is 14.2. The van der Waals surface area contributed by atoms with Gasteiger partial charge < -0.3 is 14.9 Å². The quantitative estimate of drug-likeness (QED) is 0.864. The van der Waals surface area contributed by atoms with Gasteiger partial charge >= 0.3 is 0 Å². The lowest BCUT2D eigenvalue weighted by atomic mass is 10.0. The molecule has 2 aromatic rings. The Bertz CT molecular complexity index is 731. The van der Waals surface area contributed by atoms with E-state index in [-0.39, 0.29) is 12.5 Å². The molecule has 1 N–H and O–H groups in total. The van der Waals surface area contributed by atoms with E-state index in [4.69, 9.17) is 0 Å². The number of hydrogen-bond acceptors (Lipinski definition) is 6. The molecule has 0 spiro atoms. The van der Waals surface area contributed by atoms with Crippen LogP contribution in [-0.4, -0.2) is 67.9 Å². The van der Waals surface area contributed by atoms with Crippen molar-refractivity contribution in [2.24, 2.45) is 7.05 Å². The molecule has 0 unspecified atom stereocenters. The molecule has 8 heteroatoms. The highest BCUT2D eigenvalue weighted by Gasteiger charge is 2.38. The molecular formula is C16H22N6O2. The number of carbonyl (C=O) groups is 1. The summed E-state index contributed by atoms with van der Waals surface area (Å²) in [6.45, 7) is 3.18. The topological polar surface area (TPSA) is 87.4 Å². The second-order valence-corrected chi connectivity index (χ2v) is 6.42. The number of carbonyl (C=O) groups excluding carboxylic acids is 1. The molecule has 1 amide bonds. The van der Waals surface area contributed by atoms with E-state index in [9.17, 15) is 9.90 Å². The molecule has 1 saturated heterocycles. The smallest absolute Gasteiger partial charge is 0.257 e. The molecule has 3 rings (SSSR count). The van der Waals surface area contributed by atoms with E-state index >= 15 is 0 Å². The Morgan fingerprint density at radius 1 is 1.46 bits per heavy atom. The average molecular weight is 330 g/mol. The van der Waals surface area contributed by atoms with Gasteiger partial charge in [0, 0.05) is 45.8 Å². The van der Waals surface area contributed by atoms with Crippen LogP contribution in [0.2, 0.25) is 0 Å². The molecule has 1 atom stereocenters. The molecule has 24 heavy (non-hydrogen) atoms. The van der Waals surface area contributed by atoms with E-state index in [0.29, 0.717) is 30.8 Å². The van der Waals surface area contributed by atoms with Gasteiger partial charge in [-0.15, -0.1) is 0 Å². The lowest BCUT2D eigenvalue weighted by Crippen LogP contribution is -2.46. The highest BCUT2D eigenvalue weighted by molar-refractivity contribution is 5.94. The standard InChI is InChI=1S/C16H22N6O2/c1-12-13(9-21(3)19-12)15(23)20(2)10-16(24)4-7-22(11-16)14-8-17-5-6-18-14/h5-6,8-9,24H,4,7,10-11H2,1-3H3/t16-/m0/s1. The maximum atomic E-state index is 12.6. The van der Waals surface area contributed by atoms with E-state index < -0.39 is 5.60 Å². The van der Waals surface area contributed by atoms with Crippen molar-refractivity contribution in [1.29, 1.82) is 0 Å². The first-order valence-electron chi connectivity index (χ1n) is 7.87. The first-order chi connectivity index (χ1) is 11.4. The number of likely N-dealkylation sites (N-methyl/N-ethyl adjacent to an activating group) is 1. The van der Waals surface area contributed by atoms with E-state index in [1.165, 1.54) is 0 Å². The van der Waals surface area contributed by atoms with Gasteiger partial charge in [-0.1, -0.05) is 0 Å². The van der Waals surface area contributed by atoms with Crippen molar-refractivity contribution in [1.82, 2.24) is 24.6 Å². The summed E-state index contributed by atoms with van der Waals surface area (Å²) in [5.41, 5.74) is 0.291. The molecular weight excluding hydrogens is 308 g/mol. The number of anilines is 1. The molecule has 128 valence electrons. The molecule has 0 bridgehead atoms. The lowest BCUT2D eigenvalue weighted by Gasteiger charge is -2.29. The molecule has 0 saturated carbocycles. The summed E-state index contributed by atoms with van der Waals surface area (Å²) in [7, 11) is 3.49. The van der Waals surface area contributed by atoms with Crippen molar-refractivity contribution in [3.8, 4) is 0 Å². The van der Waals surface area contributed by atoms with Gasteiger partial charge in [-0.25, -0.2) is 4.98 Å². The predicted octanol–water partition coefficient (Wildman–Crippen LogP) is 0.232. The minimum atomic E-state index is -0.960.